The van der Waals surface area contributed by atoms with Crippen LogP contribution in [-0.4, -0.2) is 36.3 Å². The lowest BCUT2D eigenvalue weighted by atomic mass is 10.0. The molecular weight excluding hydrogens is 398 g/mol. The summed E-state index contributed by atoms with van der Waals surface area (Å²) in [5, 5.41) is 3.16. The fourth-order valence-corrected chi connectivity index (χ4v) is 3.66. The Hall–Kier alpha value is -2.51. The third kappa shape index (κ3) is 4.41. The summed E-state index contributed by atoms with van der Waals surface area (Å²) in [6, 6.07) is 6.97. The largest absolute Gasteiger partial charge is 0.378 e. The van der Waals surface area contributed by atoms with E-state index < -0.39 is 11.6 Å². The summed E-state index contributed by atoms with van der Waals surface area (Å²) in [5.74, 6) is -0.149. The fourth-order valence-electron chi connectivity index (χ4n) is 3.51. The quantitative estimate of drug-likeness (QED) is 0.611. The minimum atomic E-state index is -0.631. The van der Waals surface area contributed by atoms with Gasteiger partial charge in [-0.15, -0.1) is 11.6 Å². The monoisotopic (exact) mass is 418 g/mol. The second-order valence-corrected chi connectivity index (χ2v) is 7.31. The van der Waals surface area contributed by atoms with E-state index in [9.17, 15) is 8.78 Å². The van der Waals surface area contributed by atoms with Gasteiger partial charge in [-0.3, -0.25) is 4.98 Å². The van der Waals surface area contributed by atoms with Crippen LogP contribution in [0.4, 0.5) is 20.3 Å². The summed E-state index contributed by atoms with van der Waals surface area (Å²) in [7, 11) is 0. The lowest BCUT2D eigenvalue weighted by Gasteiger charge is -2.28. The molecule has 0 saturated carbocycles. The molecular formula is C21H21ClF2N4O. The van der Waals surface area contributed by atoms with Gasteiger partial charge in [0.15, 0.2) is 0 Å². The molecule has 0 bridgehead atoms. The smallest absolute Gasteiger partial charge is 0.148 e. The Labute approximate surface area is 172 Å². The first-order valence-electron chi connectivity index (χ1n) is 9.44. The molecule has 8 heteroatoms. The van der Waals surface area contributed by atoms with Gasteiger partial charge in [0.2, 0.25) is 0 Å². The first-order chi connectivity index (χ1) is 14.0. The molecule has 5 nitrogen and oxygen atoms in total. The first kappa shape index (κ1) is 19.8. The van der Waals surface area contributed by atoms with Crippen molar-refractivity contribution >= 4 is 34.1 Å². The van der Waals surface area contributed by atoms with Crippen molar-refractivity contribution in [2.45, 2.75) is 18.8 Å². The topological polar surface area (TPSA) is 50.3 Å². The maximum atomic E-state index is 13.6. The summed E-state index contributed by atoms with van der Waals surface area (Å²) in [6.07, 6.45) is 1.76. The molecule has 2 heterocycles. The van der Waals surface area contributed by atoms with Gasteiger partial charge in [0.25, 0.3) is 0 Å². The van der Waals surface area contributed by atoms with Crippen LogP contribution in [0.5, 0.6) is 0 Å². The molecule has 152 valence electrons. The van der Waals surface area contributed by atoms with Crippen LogP contribution in [0.3, 0.4) is 0 Å². The zero-order chi connectivity index (χ0) is 20.4. The van der Waals surface area contributed by atoms with Gasteiger partial charge in [0.05, 0.1) is 36.5 Å². The molecule has 1 fully saturated rings. The highest BCUT2D eigenvalue weighted by Crippen LogP contribution is 2.29. The van der Waals surface area contributed by atoms with Crippen LogP contribution in [0, 0.1) is 11.6 Å². The third-order valence-corrected chi connectivity index (χ3v) is 5.23. The van der Waals surface area contributed by atoms with Crippen LogP contribution in [0.2, 0.25) is 0 Å². The summed E-state index contributed by atoms with van der Waals surface area (Å²) >= 11 is 6.07. The number of aromatic nitrogens is 2. The predicted molar refractivity (Wildman–Crippen MR) is 111 cm³/mol. The molecule has 4 rings (SSSR count). The van der Waals surface area contributed by atoms with Gasteiger partial charge in [0, 0.05) is 36.3 Å². The van der Waals surface area contributed by atoms with Crippen LogP contribution < -0.4 is 10.2 Å². The van der Waals surface area contributed by atoms with Crippen LogP contribution >= 0.6 is 11.6 Å². The number of fused-ring (bicyclic) bond motifs is 1. The van der Waals surface area contributed by atoms with Crippen molar-refractivity contribution in [3.05, 3.63) is 59.3 Å². The first-order valence-corrected chi connectivity index (χ1v) is 9.98. The molecule has 0 spiro atoms. The Morgan fingerprint density at radius 3 is 2.55 bits per heavy atom. The molecule has 1 unspecified atom stereocenters. The number of hydrogen-bond donors (Lipinski definition) is 1. The third-order valence-electron chi connectivity index (χ3n) is 4.93. The highest BCUT2D eigenvalue weighted by atomic mass is 35.5. The fraction of sp³-hybridized carbons (Fsp3) is 0.333. The van der Waals surface area contributed by atoms with Gasteiger partial charge in [-0.1, -0.05) is 6.07 Å². The van der Waals surface area contributed by atoms with E-state index in [1.165, 1.54) is 12.1 Å². The van der Waals surface area contributed by atoms with Crippen molar-refractivity contribution in [1.29, 1.82) is 0 Å². The number of benzene rings is 2. The number of halogens is 3. The van der Waals surface area contributed by atoms with Crippen molar-refractivity contribution in [2.75, 3.05) is 36.5 Å². The van der Waals surface area contributed by atoms with Crippen molar-refractivity contribution in [3.8, 4) is 0 Å². The number of hydrogen-bond acceptors (Lipinski definition) is 5. The molecule has 1 aliphatic rings. The van der Waals surface area contributed by atoms with E-state index in [-0.39, 0.29) is 6.04 Å². The molecule has 1 atom stereocenters. The molecule has 2 aromatic carbocycles. The molecule has 1 N–H and O–H groups in total. The molecule has 29 heavy (non-hydrogen) atoms. The van der Waals surface area contributed by atoms with E-state index >= 15 is 0 Å². The van der Waals surface area contributed by atoms with Gasteiger partial charge in [-0.05, 0) is 30.7 Å². The molecule has 0 amide bonds. The number of nitrogens with one attached hydrogen (secondary N) is 1. The zero-order valence-electron chi connectivity index (χ0n) is 16.0. The summed E-state index contributed by atoms with van der Waals surface area (Å²) in [4.78, 5) is 11.6. The minimum Gasteiger partial charge on any atom is -0.378 e. The Morgan fingerprint density at radius 2 is 1.86 bits per heavy atom. The van der Waals surface area contributed by atoms with E-state index in [0.717, 1.165) is 47.1 Å². The van der Waals surface area contributed by atoms with Crippen LogP contribution in [0.25, 0.3) is 11.0 Å². The lowest BCUT2D eigenvalue weighted by Crippen LogP contribution is -2.36. The molecule has 1 aliphatic heterocycles. The molecule has 0 radical (unpaired) electrons. The van der Waals surface area contributed by atoms with Gasteiger partial charge in [-0.2, -0.15) is 0 Å². The Kier molecular flexibility index (Phi) is 5.78. The van der Waals surface area contributed by atoms with E-state index in [1.807, 2.05) is 19.1 Å². The number of nitrogens with zero attached hydrogens (tertiary/aromatic N) is 3. The van der Waals surface area contributed by atoms with Gasteiger partial charge in [-0.25, -0.2) is 13.8 Å². The zero-order valence-corrected chi connectivity index (χ0v) is 16.7. The van der Waals surface area contributed by atoms with Crippen molar-refractivity contribution in [1.82, 2.24) is 9.97 Å². The SMILES string of the molecule is CC(Nc1cc(F)cc(F)c1)c1cc(CCl)cc2ncc(N3CCOCC3)nc12. The van der Waals surface area contributed by atoms with Crippen LogP contribution in [0.15, 0.2) is 36.5 Å². The standard InChI is InChI=1S/C21H21ClF2N4O/c1-13(26-17-9-15(23)8-16(24)10-17)18-6-14(11-22)7-19-21(18)27-20(12-25-19)28-2-4-29-5-3-28/h6-10,12-13,26H,2-5,11H2,1H3. The van der Waals surface area contributed by atoms with Crippen LogP contribution in [-0.2, 0) is 10.6 Å². The summed E-state index contributed by atoms with van der Waals surface area (Å²) < 4.78 is 32.6. The number of alkyl halides is 1. The van der Waals surface area contributed by atoms with Crippen LogP contribution in [0.1, 0.15) is 24.1 Å². The molecule has 3 aromatic rings. The maximum Gasteiger partial charge on any atom is 0.148 e. The van der Waals surface area contributed by atoms with Gasteiger partial charge < -0.3 is 15.0 Å². The molecule has 0 aliphatic carbocycles. The molecule has 1 saturated heterocycles. The van der Waals surface area contributed by atoms with E-state index in [2.05, 4.69) is 15.2 Å². The van der Waals surface area contributed by atoms with Crippen molar-refractivity contribution in [3.63, 3.8) is 0 Å². The van der Waals surface area contributed by atoms with Gasteiger partial charge >= 0.3 is 0 Å². The maximum absolute atomic E-state index is 13.6. The number of morpholine rings is 1. The summed E-state index contributed by atoms with van der Waals surface area (Å²) in [6.45, 7) is 4.73. The Balaban J connectivity index is 1.73. The Bertz CT molecular complexity index is 1010. The normalized spacial score (nSPS) is 15.5. The van der Waals surface area contributed by atoms with Gasteiger partial charge in [0.1, 0.15) is 17.5 Å². The van der Waals surface area contributed by atoms with E-state index in [0.29, 0.717) is 24.8 Å². The second kappa shape index (κ2) is 8.47. The highest BCUT2D eigenvalue weighted by Gasteiger charge is 2.18. The number of rotatable bonds is 5. The predicted octanol–water partition coefficient (Wildman–Crippen LogP) is 4.66. The Morgan fingerprint density at radius 1 is 1.14 bits per heavy atom. The molecule has 1 aromatic heterocycles. The van der Waals surface area contributed by atoms with Crippen molar-refractivity contribution in [2.24, 2.45) is 0 Å². The average molecular weight is 419 g/mol. The van der Waals surface area contributed by atoms with E-state index in [4.69, 9.17) is 21.3 Å². The van der Waals surface area contributed by atoms with Crippen molar-refractivity contribution < 1.29 is 13.5 Å². The number of ether oxygens (including phenoxy) is 1. The minimum absolute atomic E-state index is 0.267. The summed E-state index contributed by atoms with van der Waals surface area (Å²) in [5.41, 5.74) is 3.60. The van der Waals surface area contributed by atoms with E-state index in [1.54, 1.807) is 6.20 Å². The average Bonchev–Trinajstić information content (AvgIpc) is 2.72. The lowest BCUT2D eigenvalue weighted by molar-refractivity contribution is 0.122. The highest BCUT2D eigenvalue weighted by molar-refractivity contribution is 6.17. The number of anilines is 2. The second-order valence-electron chi connectivity index (χ2n) is 7.04.